The van der Waals surface area contributed by atoms with Crippen molar-refractivity contribution in [3.05, 3.63) is 86.8 Å². The Morgan fingerprint density at radius 3 is 2.59 bits per heavy atom. The molecule has 0 aliphatic carbocycles. The molecule has 9 heteroatoms. The number of fused-ring (bicyclic) bond motifs is 1. The van der Waals surface area contributed by atoms with Crippen LogP contribution < -0.4 is 9.62 Å². The van der Waals surface area contributed by atoms with E-state index in [-0.39, 0.29) is 18.1 Å². The second kappa shape index (κ2) is 10.6. The van der Waals surface area contributed by atoms with Crippen LogP contribution in [0.5, 0.6) is 0 Å². The first-order chi connectivity index (χ1) is 17.7. The van der Waals surface area contributed by atoms with Gasteiger partial charge in [-0.05, 0) is 79.1 Å². The summed E-state index contributed by atoms with van der Waals surface area (Å²) in [7, 11) is -3.41. The SMILES string of the molecule is Cc1ccc(C(NC(=O)Cc2ccc3c(c2)CS(=O)(=O)N3CC2CCOCC2)c2ccc(C)o2)c(Br)c1. The Bertz CT molecular complexity index is 1410. The van der Waals surface area contributed by atoms with Crippen molar-refractivity contribution in [3.8, 4) is 0 Å². The van der Waals surface area contributed by atoms with Crippen LogP contribution in [0.25, 0.3) is 0 Å². The molecule has 1 aromatic heterocycles. The highest BCUT2D eigenvalue weighted by Crippen LogP contribution is 2.36. The number of aryl methyl sites for hydroxylation is 2. The summed E-state index contributed by atoms with van der Waals surface area (Å²) >= 11 is 3.63. The van der Waals surface area contributed by atoms with Crippen LogP contribution in [0, 0.1) is 19.8 Å². The molecule has 7 nitrogen and oxygen atoms in total. The van der Waals surface area contributed by atoms with Crippen molar-refractivity contribution in [1.82, 2.24) is 5.32 Å². The minimum absolute atomic E-state index is 0.0361. The van der Waals surface area contributed by atoms with Crippen molar-refractivity contribution in [1.29, 1.82) is 0 Å². The van der Waals surface area contributed by atoms with E-state index in [1.807, 2.05) is 62.4 Å². The summed E-state index contributed by atoms with van der Waals surface area (Å²) in [6.45, 7) is 5.72. The fourth-order valence-electron chi connectivity index (χ4n) is 5.08. The Morgan fingerprint density at radius 1 is 1.11 bits per heavy atom. The molecule has 3 aromatic rings. The first-order valence-corrected chi connectivity index (χ1v) is 14.9. The van der Waals surface area contributed by atoms with E-state index in [9.17, 15) is 13.2 Å². The summed E-state index contributed by atoms with van der Waals surface area (Å²) in [6, 6.07) is 14.8. The molecule has 2 aliphatic rings. The zero-order valence-electron chi connectivity index (χ0n) is 21.0. The number of carbonyl (C=O) groups excluding carboxylic acids is 1. The van der Waals surface area contributed by atoms with E-state index < -0.39 is 16.1 Å². The highest BCUT2D eigenvalue weighted by molar-refractivity contribution is 9.10. The number of furan rings is 1. The maximum absolute atomic E-state index is 13.2. The van der Waals surface area contributed by atoms with Crippen LogP contribution >= 0.6 is 15.9 Å². The molecule has 5 rings (SSSR count). The van der Waals surface area contributed by atoms with Gasteiger partial charge in [0.1, 0.15) is 17.6 Å². The zero-order chi connectivity index (χ0) is 26.2. The number of carbonyl (C=O) groups is 1. The Kier molecular flexibility index (Phi) is 7.47. The number of halogens is 1. The maximum Gasteiger partial charge on any atom is 0.239 e. The van der Waals surface area contributed by atoms with Gasteiger partial charge in [0.05, 0.1) is 17.9 Å². The number of ether oxygens (including phenoxy) is 1. The van der Waals surface area contributed by atoms with Gasteiger partial charge in [-0.3, -0.25) is 9.10 Å². The lowest BCUT2D eigenvalue weighted by Gasteiger charge is -2.27. The number of sulfonamides is 1. The van der Waals surface area contributed by atoms with Gasteiger partial charge in [-0.25, -0.2) is 8.42 Å². The summed E-state index contributed by atoms with van der Waals surface area (Å²) in [5.74, 6) is 1.50. The number of hydrogen-bond acceptors (Lipinski definition) is 5. The highest BCUT2D eigenvalue weighted by Gasteiger charge is 2.35. The molecule has 2 aliphatic heterocycles. The standard InChI is InChI=1S/C28H31BrN2O5S/c1-18-3-6-23(24(29)13-18)28(26-8-4-19(2)36-26)30-27(32)15-21-5-7-25-22(14-21)17-37(33,34)31(25)16-20-9-11-35-12-10-20/h3-8,13-14,20,28H,9-12,15-17H2,1-2H3,(H,30,32). The van der Waals surface area contributed by atoms with Gasteiger partial charge in [0.15, 0.2) is 0 Å². The van der Waals surface area contributed by atoms with Crippen LogP contribution in [0.1, 0.15) is 52.7 Å². The van der Waals surface area contributed by atoms with E-state index >= 15 is 0 Å². The number of nitrogens with one attached hydrogen (secondary N) is 1. The Balaban J connectivity index is 1.33. The van der Waals surface area contributed by atoms with E-state index in [4.69, 9.17) is 9.15 Å². The van der Waals surface area contributed by atoms with Gasteiger partial charge in [-0.2, -0.15) is 0 Å². The number of amides is 1. The van der Waals surface area contributed by atoms with E-state index in [0.29, 0.717) is 31.4 Å². The average molecular weight is 588 g/mol. The third-order valence-electron chi connectivity index (χ3n) is 7.03. The molecule has 0 spiro atoms. The van der Waals surface area contributed by atoms with Gasteiger partial charge in [0.25, 0.3) is 0 Å². The zero-order valence-corrected chi connectivity index (χ0v) is 23.4. The first kappa shape index (κ1) is 26.0. The molecule has 1 saturated heterocycles. The Labute approximate surface area is 226 Å². The lowest BCUT2D eigenvalue weighted by Crippen LogP contribution is -2.34. The lowest BCUT2D eigenvalue weighted by atomic mass is 9.99. The Hall–Kier alpha value is -2.62. The molecular formula is C28H31BrN2O5S. The summed E-state index contributed by atoms with van der Waals surface area (Å²) < 4.78 is 39.6. The molecule has 2 aromatic carbocycles. The van der Waals surface area contributed by atoms with Crippen molar-refractivity contribution in [2.75, 3.05) is 24.1 Å². The summed E-state index contributed by atoms with van der Waals surface area (Å²) in [4.78, 5) is 13.2. The number of benzene rings is 2. The van der Waals surface area contributed by atoms with Gasteiger partial charge in [-0.15, -0.1) is 0 Å². The molecule has 3 heterocycles. The number of hydrogen-bond donors (Lipinski definition) is 1. The third-order valence-corrected chi connectivity index (χ3v) is 9.41. The minimum atomic E-state index is -3.41. The van der Waals surface area contributed by atoms with E-state index in [1.54, 1.807) is 4.31 Å². The second-order valence-electron chi connectivity index (χ2n) is 9.96. The van der Waals surface area contributed by atoms with E-state index in [0.717, 1.165) is 51.0 Å². The van der Waals surface area contributed by atoms with E-state index in [2.05, 4.69) is 21.2 Å². The van der Waals surface area contributed by atoms with Gasteiger partial charge < -0.3 is 14.5 Å². The predicted octanol–water partition coefficient (Wildman–Crippen LogP) is 5.18. The van der Waals surface area contributed by atoms with Crippen molar-refractivity contribution in [2.45, 2.75) is 44.9 Å². The van der Waals surface area contributed by atoms with Gasteiger partial charge >= 0.3 is 0 Å². The molecule has 0 bridgehead atoms. The molecule has 1 fully saturated rings. The normalized spacial score (nSPS) is 18.0. The lowest BCUT2D eigenvalue weighted by molar-refractivity contribution is -0.121. The van der Waals surface area contributed by atoms with Crippen molar-refractivity contribution < 1.29 is 22.4 Å². The molecule has 37 heavy (non-hydrogen) atoms. The molecular weight excluding hydrogens is 556 g/mol. The van der Waals surface area contributed by atoms with Crippen LogP contribution in [-0.2, 0) is 31.7 Å². The van der Waals surface area contributed by atoms with Crippen LogP contribution in [0.3, 0.4) is 0 Å². The van der Waals surface area contributed by atoms with Crippen molar-refractivity contribution in [2.24, 2.45) is 5.92 Å². The largest absolute Gasteiger partial charge is 0.464 e. The number of anilines is 1. The second-order valence-corrected chi connectivity index (χ2v) is 12.7. The third kappa shape index (κ3) is 5.78. The molecule has 196 valence electrons. The fourth-order valence-corrected chi connectivity index (χ4v) is 7.50. The van der Waals surface area contributed by atoms with Gasteiger partial charge in [0, 0.05) is 24.2 Å². The molecule has 1 atom stereocenters. The molecule has 1 amide bonds. The van der Waals surface area contributed by atoms with Crippen molar-refractivity contribution in [3.63, 3.8) is 0 Å². The molecule has 0 radical (unpaired) electrons. The smallest absolute Gasteiger partial charge is 0.239 e. The predicted molar refractivity (Wildman–Crippen MR) is 146 cm³/mol. The molecule has 1 unspecified atom stereocenters. The monoisotopic (exact) mass is 586 g/mol. The highest BCUT2D eigenvalue weighted by atomic mass is 79.9. The maximum atomic E-state index is 13.2. The molecule has 1 N–H and O–H groups in total. The van der Waals surface area contributed by atoms with Crippen LogP contribution in [0.4, 0.5) is 5.69 Å². The van der Waals surface area contributed by atoms with Crippen LogP contribution in [0.15, 0.2) is 57.4 Å². The van der Waals surface area contributed by atoms with Crippen LogP contribution in [-0.4, -0.2) is 34.1 Å². The Morgan fingerprint density at radius 2 is 1.89 bits per heavy atom. The summed E-state index contributed by atoms with van der Waals surface area (Å²) in [6.07, 6.45) is 1.87. The van der Waals surface area contributed by atoms with E-state index in [1.165, 1.54) is 0 Å². The van der Waals surface area contributed by atoms with Crippen molar-refractivity contribution >= 4 is 37.5 Å². The number of nitrogens with zero attached hydrogens (tertiary/aromatic N) is 1. The quantitative estimate of drug-likeness (QED) is 0.412. The fraction of sp³-hybridized carbons (Fsp3) is 0.393. The number of rotatable bonds is 7. The molecule has 0 saturated carbocycles. The first-order valence-electron chi connectivity index (χ1n) is 12.5. The minimum Gasteiger partial charge on any atom is -0.464 e. The summed E-state index contributed by atoms with van der Waals surface area (Å²) in [5.41, 5.74) is 4.25. The van der Waals surface area contributed by atoms with Gasteiger partial charge in [0.2, 0.25) is 15.9 Å². The average Bonchev–Trinajstić information content (AvgIpc) is 3.38. The summed E-state index contributed by atoms with van der Waals surface area (Å²) in [5, 5.41) is 3.12. The van der Waals surface area contributed by atoms with Crippen LogP contribution in [0.2, 0.25) is 0 Å². The van der Waals surface area contributed by atoms with Gasteiger partial charge in [-0.1, -0.05) is 40.2 Å². The topological polar surface area (TPSA) is 88.9 Å².